The summed E-state index contributed by atoms with van der Waals surface area (Å²) in [5, 5.41) is 12.4. The van der Waals surface area contributed by atoms with E-state index < -0.39 is 351 Å². The first-order valence-electron chi connectivity index (χ1n) is 29.9. The molecule has 0 aromatic carbocycles. The Labute approximate surface area is 668 Å². The molecular formula is C51H30F68O4S4. The van der Waals surface area contributed by atoms with Crippen LogP contribution in [0.25, 0.3) is 0 Å². The minimum atomic E-state index is -9.56. The number of carboxylic acid groups (broad SMARTS) is 2. The van der Waals surface area contributed by atoms with Crippen LogP contribution in [0.15, 0.2) is 11.1 Å². The molecule has 0 aliphatic carbocycles. The van der Waals surface area contributed by atoms with Gasteiger partial charge >= 0.3 is 202 Å². The second kappa shape index (κ2) is 35.5. The lowest BCUT2D eigenvalue weighted by Crippen LogP contribution is -2.74. The topological polar surface area (TPSA) is 74.6 Å². The number of halogens is 68. The van der Waals surface area contributed by atoms with E-state index in [-0.39, 0.29) is 0 Å². The molecule has 0 amide bonds. The zero-order chi connectivity index (χ0) is 103. The maximum atomic E-state index is 15.2. The lowest BCUT2D eigenvalue weighted by atomic mass is 9.88. The van der Waals surface area contributed by atoms with Crippen molar-refractivity contribution in [2.24, 2.45) is 0 Å². The van der Waals surface area contributed by atoms with Crippen molar-refractivity contribution in [2.45, 2.75) is 246 Å². The fraction of sp³-hybridized carbons (Fsp3) is 0.922. The molecule has 76 heteroatoms. The van der Waals surface area contributed by atoms with E-state index in [1.807, 2.05) is 0 Å². The molecule has 0 fully saturated rings. The van der Waals surface area contributed by atoms with E-state index in [2.05, 4.69) is 0 Å². The molecule has 2 N–H and O–H groups in total. The predicted octanol–water partition coefficient (Wildman–Crippen LogP) is 26.9. The molecule has 0 aromatic heterocycles. The Morgan fingerprint density at radius 2 is 0.346 bits per heavy atom. The lowest BCUT2D eigenvalue weighted by molar-refractivity contribution is -0.461. The summed E-state index contributed by atoms with van der Waals surface area (Å²) in [6.45, 7) is 0. The third kappa shape index (κ3) is 19.5. The monoisotopic (exact) mass is 2130 g/mol. The first-order chi connectivity index (χ1) is 54.5. The summed E-state index contributed by atoms with van der Waals surface area (Å²) in [6.07, 6.45) is -57.6. The maximum Gasteiger partial charge on any atom is 0.460 e. The van der Waals surface area contributed by atoms with Gasteiger partial charge in [-0.2, -0.15) is 346 Å². The molecule has 0 spiro atoms. The Hall–Kier alpha value is -4.68. The van der Waals surface area contributed by atoms with Crippen molar-refractivity contribution >= 4 is 59.0 Å². The number of aliphatic carboxylic acids is 2. The second-order valence-electron chi connectivity index (χ2n) is 25.1. The summed E-state index contributed by atoms with van der Waals surface area (Å²) in [7, 11) is 0. The molecule has 0 heterocycles. The number of hydrogen-bond acceptors (Lipinski definition) is 6. The van der Waals surface area contributed by atoms with Gasteiger partial charge in [0.1, 0.15) is 0 Å². The van der Waals surface area contributed by atoms with Crippen LogP contribution in [0.3, 0.4) is 0 Å². The van der Waals surface area contributed by atoms with E-state index in [0.29, 0.717) is 0 Å². The van der Waals surface area contributed by atoms with Crippen LogP contribution in [0, 0.1) is 0 Å². The second-order valence-corrected chi connectivity index (χ2v) is 30.2. The summed E-state index contributed by atoms with van der Waals surface area (Å²) in [5.74, 6) is -276. The van der Waals surface area contributed by atoms with Crippen molar-refractivity contribution in [2.75, 3.05) is 34.5 Å². The maximum absolute atomic E-state index is 15.2. The van der Waals surface area contributed by atoms with Gasteiger partial charge in [0.15, 0.2) is 0 Å². The van der Waals surface area contributed by atoms with Crippen LogP contribution in [0.2, 0.25) is 0 Å². The normalized spacial score (nSPS) is 16.8. The van der Waals surface area contributed by atoms with Crippen molar-refractivity contribution in [3.8, 4) is 0 Å². The molecule has 0 rings (SSSR count). The number of carbonyl (C=O) groups is 2. The van der Waals surface area contributed by atoms with E-state index in [9.17, 15) is 301 Å². The lowest BCUT2D eigenvalue weighted by Gasteiger charge is -2.42. The number of carboxylic acids is 2. The molecule has 0 aliphatic heterocycles. The predicted molar refractivity (Wildman–Crippen MR) is 284 cm³/mol. The Balaban J connectivity index is 9.31. The van der Waals surface area contributed by atoms with Crippen molar-refractivity contribution < 1.29 is 318 Å². The third-order valence-corrected chi connectivity index (χ3v) is 21.5. The summed E-state index contributed by atoms with van der Waals surface area (Å²) >= 11 is -5.75. The first-order valence-corrected chi connectivity index (χ1v) is 34.3. The summed E-state index contributed by atoms with van der Waals surface area (Å²) in [4.78, 5) is 24.5. The van der Waals surface area contributed by atoms with Gasteiger partial charge in [-0.3, -0.25) is 4.79 Å². The number of allylic oxidation sites excluding steroid dienone is 1. The van der Waals surface area contributed by atoms with Gasteiger partial charge in [-0.05, 0) is 35.9 Å². The van der Waals surface area contributed by atoms with E-state index in [0.717, 1.165) is 0 Å². The molecule has 2 atom stereocenters. The average molecular weight is 2130 g/mol. The summed E-state index contributed by atoms with van der Waals surface area (Å²) in [5.41, 5.74) is -4.80. The smallest absolute Gasteiger partial charge is 0.460 e. The van der Waals surface area contributed by atoms with Crippen LogP contribution in [0.1, 0.15) is 44.9 Å². The average Bonchev–Trinajstić information content (AvgIpc) is 0.707. The van der Waals surface area contributed by atoms with Gasteiger partial charge in [-0.15, -0.1) is 0 Å². The minimum Gasteiger partial charge on any atom is -0.481 e. The number of thioether (sulfide) groups is 4. The Kier molecular flexibility index (Phi) is 34.2. The molecule has 758 valence electrons. The van der Waals surface area contributed by atoms with Crippen molar-refractivity contribution in [1.29, 1.82) is 0 Å². The van der Waals surface area contributed by atoms with Crippen LogP contribution in [0.5, 0.6) is 0 Å². The highest BCUT2D eigenvalue weighted by molar-refractivity contribution is 8.03. The van der Waals surface area contributed by atoms with Crippen molar-refractivity contribution in [3.05, 3.63) is 11.1 Å². The van der Waals surface area contributed by atoms with Crippen LogP contribution in [-0.4, -0.2) is 258 Å². The quantitative estimate of drug-likeness (QED) is 0.0355. The Morgan fingerprint density at radius 3 is 0.488 bits per heavy atom. The van der Waals surface area contributed by atoms with E-state index in [1.54, 1.807) is 0 Å². The van der Waals surface area contributed by atoms with E-state index >= 15 is 17.6 Å². The number of hydrogen-bond donors (Lipinski definition) is 2. The van der Waals surface area contributed by atoms with Gasteiger partial charge in [0.05, 0.1) is 6.42 Å². The van der Waals surface area contributed by atoms with Gasteiger partial charge < -0.3 is 10.2 Å². The van der Waals surface area contributed by atoms with Gasteiger partial charge in [-0.1, -0.05) is 5.57 Å². The highest BCUT2D eigenvalue weighted by Gasteiger charge is 3.00. The van der Waals surface area contributed by atoms with Crippen LogP contribution in [-0.2, 0) is 9.59 Å². The molecule has 0 aliphatic rings. The largest absolute Gasteiger partial charge is 0.481 e. The highest BCUT2D eigenvalue weighted by atomic mass is 32.2. The molecule has 0 radical (unpaired) electrons. The number of rotatable bonds is 49. The standard InChI is InChI=1S/C51H30F68O4S4/c52-20(53,24(60,61)28(68,69)32(76,77)36(84,85)40(92,93)44(100,101)48(108,109)110)1-5-124-12-15(126-7-3-22(56,57)26(64,65)30(72,73)34(80,81)38(88,89)42(96,97)46(104,105)50(114,115)116)9-14(17(19(122)123)11-18(120)121)10-16(127-8-4-23(58,59)27(66,67)31(74,75)35(82,83)39(90,91)43(98,99)47(106,107)51(117,118)119)13-125-6-2-21(54,55)25(62,63)29(70,71)33(78,79)37(86,87)41(94,95)45(102,103)49(111,112)113/h15-16H,1-13H2,(H,120,121)(H,122,123). The molecular weight excluding hydrogens is 2100 g/mol. The molecule has 127 heavy (non-hydrogen) atoms. The van der Waals surface area contributed by atoms with Gasteiger partial charge in [0.2, 0.25) is 0 Å². The first kappa shape index (κ1) is 122. The van der Waals surface area contributed by atoms with Crippen LogP contribution < -0.4 is 0 Å². The molecule has 0 aromatic rings. The SMILES string of the molecule is O=C(O)CC(C(=O)O)=C(CC(CSCCC(F)(F)C(F)(F)C(F)(F)C(F)(F)C(F)(F)C(F)(F)C(F)(F)C(F)(F)F)SCCC(F)(F)C(F)(F)C(F)(F)C(F)(F)C(F)(F)C(F)(F)C(F)(F)C(F)(F)F)CC(CSCCC(F)(F)C(F)(F)C(F)(F)C(F)(F)C(F)(F)C(F)(F)C(F)(F)C(F)(F)F)SCCC(F)(F)C(F)(F)C(F)(F)C(F)(F)C(F)(F)C(F)(F)C(F)(F)C(F)(F)F. The van der Waals surface area contributed by atoms with E-state index in [4.69, 9.17) is 0 Å². The fourth-order valence-electron chi connectivity index (χ4n) is 8.67. The molecule has 0 bridgehead atoms. The van der Waals surface area contributed by atoms with Gasteiger partial charge in [0.25, 0.3) is 0 Å². The zero-order valence-electron chi connectivity index (χ0n) is 57.4. The van der Waals surface area contributed by atoms with Gasteiger partial charge in [0, 0.05) is 53.3 Å². The fourth-order valence-corrected chi connectivity index (χ4v) is 14.0. The zero-order valence-corrected chi connectivity index (χ0v) is 60.7. The Morgan fingerprint density at radius 1 is 0.205 bits per heavy atom. The van der Waals surface area contributed by atoms with Crippen LogP contribution in [0.4, 0.5) is 299 Å². The van der Waals surface area contributed by atoms with Crippen LogP contribution >= 0.6 is 47.0 Å². The molecule has 4 nitrogen and oxygen atoms in total. The van der Waals surface area contributed by atoms with E-state index in [1.165, 1.54) is 0 Å². The summed E-state index contributed by atoms with van der Waals surface area (Å²) in [6, 6.07) is 0. The number of alkyl halides is 68. The van der Waals surface area contributed by atoms with Crippen molar-refractivity contribution in [1.82, 2.24) is 0 Å². The minimum absolute atomic E-state index is 1.37. The molecule has 0 saturated carbocycles. The van der Waals surface area contributed by atoms with Crippen molar-refractivity contribution in [3.63, 3.8) is 0 Å². The Bertz CT molecular complexity index is 3540. The van der Waals surface area contributed by atoms with Gasteiger partial charge in [-0.25, -0.2) is 4.79 Å². The summed E-state index contributed by atoms with van der Waals surface area (Å²) < 4.78 is 953. The molecule has 2 unspecified atom stereocenters. The highest BCUT2D eigenvalue weighted by Crippen LogP contribution is 2.71. The molecule has 0 saturated heterocycles. The third-order valence-electron chi connectivity index (χ3n) is 16.4.